The van der Waals surface area contributed by atoms with Crippen molar-refractivity contribution in [2.75, 3.05) is 40.9 Å². The maximum atomic E-state index is 13.5. The minimum atomic E-state index is -4.45. The zero-order valence-electron chi connectivity index (χ0n) is 47.5. The summed E-state index contributed by atoms with van der Waals surface area (Å²) in [5, 5.41) is 3.05. The minimum absolute atomic E-state index is 0.0375. The average Bonchev–Trinajstić information content (AvgIpc) is 3.33. The van der Waals surface area contributed by atoms with E-state index in [1.54, 1.807) is 0 Å². The molecule has 0 aliphatic rings. The Balaban J connectivity index is 5.35. The number of amides is 1. The Bertz CT molecular complexity index is 1360. The number of unbranched alkanes of at least 4 members (excludes halogenated alkanes) is 33. The van der Waals surface area contributed by atoms with E-state index in [-0.39, 0.29) is 31.5 Å². The number of nitrogens with one attached hydrogen (secondary N) is 1. The van der Waals surface area contributed by atoms with Gasteiger partial charge in [0.2, 0.25) is 5.91 Å². The molecule has 416 valence electrons. The van der Waals surface area contributed by atoms with Gasteiger partial charge in [0.15, 0.2) is 0 Å². The number of esters is 1. The molecule has 0 rings (SSSR count). The molecular weight excluding hydrogens is 904 g/mol. The minimum Gasteiger partial charge on any atom is -0.456 e. The molecular formula is C61H116N2O7P+. The molecule has 0 bridgehead atoms. The first-order valence-corrected chi connectivity index (χ1v) is 31.5. The van der Waals surface area contributed by atoms with E-state index in [0.717, 1.165) is 89.9 Å². The average molecular weight is 1020 g/mol. The number of hydrogen-bond donors (Lipinski definition) is 2. The number of ether oxygens (including phenoxy) is 1. The van der Waals surface area contributed by atoms with Crippen LogP contribution in [-0.4, -0.2) is 74.3 Å². The number of carbonyl (C=O) groups excluding carboxylic acids is 2. The van der Waals surface area contributed by atoms with Crippen LogP contribution in [0.15, 0.2) is 48.6 Å². The van der Waals surface area contributed by atoms with Crippen LogP contribution in [0.1, 0.15) is 278 Å². The molecule has 0 radical (unpaired) electrons. The Labute approximate surface area is 439 Å². The molecule has 0 aliphatic carbocycles. The van der Waals surface area contributed by atoms with Gasteiger partial charge >= 0.3 is 13.8 Å². The highest BCUT2D eigenvalue weighted by atomic mass is 31.2. The Morgan fingerprint density at radius 2 is 0.859 bits per heavy atom. The van der Waals surface area contributed by atoms with Gasteiger partial charge in [-0.1, -0.05) is 230 Å². The third-order valence-electron chi connectivity index (χ3n) is 13.3. The van der Waals surface area contributed by atoms with E-state index in [9.17, 15) is 19.0 Å². The Hall–Kier alpha value is -2.03. The summed E-state index contributed by atoms with van der Waals surface area (Å²) in [6.45, 7) is 6.98. The van der Waals surface area contributed by atoms with Crippen molar-refractivity contribution in [3.63, 3.8) is 0 Å². The summed E-state index contributed by atoms with van der Waals surface area (Å²) < 4.78 is 30.7. The van der Waals surface area contributed by atoms with Crippen molar-refractivity contribution in [3.05, 3.63) is 48.6 Å². The van der Waals surface area contributed by atoms with Crippen molar-refractivity contribution in [1.82, 2.24) is 5.32 Å². The first-order valence-electron chi connectivity index (χ1n) is 30.0. The van der Waals surface area contributed by atoms with Crippen molar-refractivity contribution in [2.45, 2.75) is 290 Å². The van der Waals surface area contributed by atoms with Crippen LogP contribution in [-0.2, 0) is 27.9 Å². The predicted octanol–water partition coefficient (Wildman–Crippen LogP) is 18.1. The van der Waals surface area contributed by atoms with Gasteiger partial charge in [0, 0.05) is 12.8 Å². The quantitative estimate of drug-likeness (QED) is 0.0156. The van der Waals surface area contributed by atoms with Gasteiger partial charge < -0.3 is 19.4 Å². The first-order chi connectivity index (χ1) is 34.4. The standard InChI is InChI=1S/C61H115N2O7P/c1-7-10-13-16-19-22-25-28-30-31-33-35-38-41-44-47-50-53-60(64)62-58(57-69-71(66,67)68-56-55-63(4,5)6)59(52-49-46-43-40-37-34-27-24-21-18-15-12-9-3)70-61(65)54-51-48-45-42-39-36-32-29-26-23-20-17-14-11-8-2/h20,23,26,28-30,49,52,58-59H,7-19,21-22,24-25,27,31-48,50-51,53-57H2,1-6H3,(H-,62,64,66,67)/p+1/b23-20+,29-26+,30-28+,52-49+. The van der Waals surface area contributed by atoms with Crippen LogP contribution < -0.4 is 5.32 Å². The monoisotopic (exact) mass is 1020 g/mol. The van der Waals surface area contributed by atoms with Gasteiger partial charge in [0.05, 0.1) is 33.8 Å². The number of allylic oxidation sites excluding steroid dienone is 7. The summed E-state index contributed by atoms with van der Waals surface area (Å²) >= 11 is 0. The molecule has 0 fully saturated rings. The number of phosphoric acid groups is 1. The molecule has 0 aromatic rings. The lowest BCUT2D eigenvalue weighted by Gasteiger charge is -2.27. The maximum absolute atomic E-state index is 13.5. The Morgan fingerprint density at radius 3 is 1.31 bits per heavy atom. The van der Waals surface area contributed by atoms with Gasteiger partial charge in [0.25, 0.3) is 0 Å². The molecule has 0 saturated heterocycles. The predicted molar refractivity (Wildman–Crippen MR) is 305 cm³/mol. The van der Waals surface area contributed by atoms with Gasteiger partial charge in [-0.2, -0.15) is 0 Å². The summed E-state index contributed by atoms with van der Waals surface area (Å²) in [6.07, 6.45) is 62.4. The summed E-state index contributed by atoms with van der Waals surface area (Å²) in [5.74, 6) is -0.517. The molecule has 3 atom stereocenters. The molecule has 10 heteroatoms. The van der Waals surface area contributed by atoms with E-state index in [0.29, 0.717) is 17.4 Å². The van der Waals surface area contributed by atoms with Gasteiger partial charge in [-0.15, -0.1) is 0 Å². The summed E-state index contributed by atoms with van der Waals surface area (Å²) in [6, 6.07) is -0.854. The molecule has 0 spiro atoms. The van der Waals surface area contributed by atoms with E-state index in [1.165, 1.54) is 154 Å². The van der Waals surface area contributed by atoms with E-state index >= 15 is 0 Å². The number of rotatable bonds is 54. The molecule has 0 aromatic heterocycles. The Morgan fingerprint density at radius 1 is 0.493 bits per heavy atom. The maximum Gasteiger partial charge on any atom is 0.472 e. The number of nitrogens with zero attached hydrogens (tertiary/aromatic N) is 1. The molecule has 3 unspecified atom stereocenters. The van der Waals surface area contributed by atoms with Gasteiger partial charge in [-0.05, 0) is 83.1 Å². The van der Waals surface area contributed by atoms with Crippen LogP contribution in [0.2, 0.25) is 0 Å². The number of carbonyl (C=O) groups is 2. The molecule has 0 aliphatic heterocycles. The van der Waals surface area contributed by atoms with E-state index < -0.39 is 20.0 Å². The topological polar surface area (TPSA) is 111 Å². The zero-order chi connectivity index (χ0) is 52.2. The number of phosphoric ester groups is 1. The zero-order valence-corrected chi connectivity index (χ0v) is 48.4. The van der Waals surface area contributed by atoms with Crippen LogP contribution in [0.25, 0.3) is 0 Å². The largest absolute Gasteiger partial charge is 0.472 e. The van der Waals surface area contributed by atoms with Crippen LogP contribution in [0, 0.1) is 0 Å². The smallest absolute Gasteiger partial charge is 0.456 e. The summed E-state index contributed by atoms with van der Waals surface area (Å²) in [5.41, 5.74) is 0. The highest BCUT2D eigenvalue weighted by Gasteiger charge is 2.30. The third kappa shape index (κ3) is 52.6. The molecule has 9 nitrogen and oxygen atoms in total. The van der Waals surface area contributed by atoms with Crippen molar-refractivity contribution in [2.24, 2.45) is 0 Å². The third-order valence-corrected chi connectivity index (χ3v) is 14.3. The normalized spacial score (nSPS) is 14.1. The Kier molecular flexibility index (Phi) is 50.0. The van der Waals surface area contributed by atoms with E-state index in [1.807, 2.05) is 33.3 Å². The van der Waals surface area contributed by atoms with Crippen molar-refractivity contribution in [1.29, 1.82) is 0 Å². The van der Waals surface area contributed by atoms with Crippen molar-refractivity contribution >= 4 is 19.7 Å². The van der Waals surface area contributed by atoms with Crippen LogP contribution >= 0.6 is 7.82 Å². The second-order valence-corrected chi connectivity index (χ2v) is 23.0. The fraction of sp³-hybridized carbons (Fsp3) is 0.836. The highest BCUT2D eigenvalue weighted by molar-refractivity contribution is 7.47. The molecule has 2 N–H and O–H groups in total. The lowest BCUT2D eigenvalue weighted by molar-refractivity contribution is -0.870. The second-order valence-electron chi connectivity index (χ2n) is 21.5. The van der Waals surface area contributed by atoms with Gasteiger partial charge in [-0.25, -0.2) is 4.57 Å². The summed E-state index contributed by atoms with van der Waals surface area (Å²) in [4.78, 5) is 37.6. The van der Waals surface area contributed by atoms with Crippen LogP contribution in [0.3, 0.4) is 0 Å². The van der Waals surface area contributed by atoms with E-state index in [2.05, 4.69) is 62.5 Å². The first kappa shape index (κ1) is 69.0. The highest BCUT2D eigenvalue weighted by Crippen LogP contribution is 2.43. The fourth-order valence-corrected chi connectivity index (χ4v) is 9.31. The molecule has 1 amide bonds. The van der Waals surface area contributed by atoms with Crippen molar-refractivity contribution < 1.29 is 37.3 Å². The SMILES string of the molecule is CCCCC/C=C/C=C/CCCCCCCCC(=O)OC(/C=C/CCCCCCCCCCCCC)C(COP(=O)(O)OCC[N+](C)(C)C)NC(=O)CCCCCCCCC/C=C/CCCCCCCC. The lowest BCUT2D eigenvalue weighted by Crippen LogP contribution is -2.47. The molecule has 0 saturated carbocycles. The number of quaternary nitrogens is 1. The number of hydrogen-bond acceptors (Lipinski definition) is 6. The van der Waals surface area contributed by atoms with Gasteiger partial charge in [-0.3, -0.25) is 18.6 Å². The molecule has 0 heterocycles. The second kappa shape index (κ2) is 51.5. The molecule has 0 aromatic carbocycles. The fourth-order valence-electron chi connectivity index (χ4n) is 8.57. The van der Waals surface area contributed by atoms with Gasteiger partial charge in [0.1, 0.15) is 19.3 Å². The lowest BCUT2D eigenvalue weighted by atomic mass is 10.0. The van der Waals surface area contributed by atoms with Crippen LogP contribution in [0.4, 0.5) is 0 Å². The van der Waals surface area contributed by atoms with E-state index in [4.69, 9.17) is 13.8 Å². The number of likely N-dealkylation sites (N-methyl/N-ethyl adjacent to an activating group) is 1. The van der Waals surface area contributed by atoms with Crippen LogP contribution in [0.5, 0.6) is 0 Å². The molecule has 71 heavy (non-hydrogen) atoms. The van der Waals surface area contributed by atoms with Crippen molar-refractivity contribution in [3.8, 4) is 0 Å². The summed E-state index contributed by atoms with van der Waals surface area (Å²) in [7, 11) is 1.49.